The van der Waals surface area contributed by atoms with Crippen molar-refractivity contribution in [3.8, 4) is 11.4 Å². The number of halogens is 1. The molecule has 0 saturated carbocycles. The smallest absolute Gasteiger partial charge is 0.258 e. The highest BCUT2D eigenvalue weighted by atomic mass is 35.5. The summed E-state index contributed by atoms with van der Waals surface area (Å²) in [4.78, 5) is 15.0. The summed E-state index contributed by atoms with van der Waals surface area (Å²) in [5, 5.41) is 0. The van der Waals surface area contributed by atoms with E-state index in [0.717, 1.165) is 37.4 Å². The predicted octanol–water partition coefficient (Wildman–Crippen LogP) is 4.47. The Morgan fingerprint density at radius 3 is 2.26 bits per heavy atom. The van der Waals surface area contributed by atoms with E-state index in [4.69, 9.17) is 16.5 Å². The first-order valence-corrected chi connectivity index (χ1v) is 11.1. The molecule has 0 unspecified atom stereocenters. The van der Waals surface area contributed by atoms with Crippen molar-refractivity contribution in [1.29, 1.82) is 0 Å². The van der Waals surface area contributed by atoms with E-state index in [1.165, 1.54) is 18.5 Å². The van der Waals surface area contributed by atoms with Gasteiger partial charge in [-0.15, -0.1) is 0 Å². The molecule has 0 atom stereocenters. The summed E-state index contributed by atoms with van der Waals surface area (Å²) in [5.74, 6) is 0.579. The number of hydrogen-bond donors (Lipinski definition) is 0. The van der Waals surface area contributed by atoms with Gasteiger partial charge in [-0.3, -0.25) is 9.36 Å². The quantitative estimate of drug-likeness (QED) is 0.554. The third-order valence-corrected chi connectivity index (χ3v) is 6.79. The molecule has 2 fully saturated rings. The van der Waals surface area contributed by atoms with Crippen LogP contribution in [0.4, 0.5) is 5.69 Å². The highest BCUT2D eigenvalue weighted by molar-refractivity contribution is 6.13. The van der Waals surface area contributed by atoms with Crippen molar-refractivity contribution >= 4 is 17.5 Å². The van der Waals surface area contributed by atoms with Crippen LogP contribution in [-0.4, -0.2) is 35.2 Å². The average Bonchev–Trinajstić information content (AvgIpc) is 2.78. The number of hydrogen-bond acceptors (Lipinski definition) is 4. The van der Waals surface area contributed by atoms with Crippen LogP contribution in [0.3, 0.4) is 0 Å². The van der Waals surface area contributed by atoms with Crippen LogP contribution in [0.2, 0.25) is 0 Å². The van der Waals surface area contributed by atoms with E-state index in [0.29, 0.717) is 17.8 Å². The van der Waals surface area contributed by atoms with Crippen molar-refractivity contribution in [1.82, 2.24) is 8.99 Å². The summed E-state index contributed by atoms with van der Waals surface area (Å²) in [5.41, 5.74) is 3.46. The third kappa shape index (κ3) is 4.34. The maximum absolute atomic E-state index is 12.6. The summed E-state index contributed by atoms with van der Waals surface area (Å²) < 4.78 is 9.31. The number of rotatable bonds is 5. The summed E-state index contributed by atoms with van der Waals surface area (Å²) >= 11 is 6.11. The topological polar surface area (TPSA) is 37.7 Å². The zero-order valence-corrected chi connectivity index (χ0v) is 18.2. The fourth-order valence-electron chi connectivity index (χ4n) is 4.54. The van der Waals surface area contributed by atoms with E-state index in [9.17, 15) is 4.79 Å². The van der Waals surface area contributed by atoms with Gasteiger partial charge in [0.15, 0.2) is 0 Å². The zero-order chi connectivity index (χ0) is 21.3. The molecule has 0 aliphatic carbocycles. The van der Waals surface area contributed by atoms with Gasteiger partial charge >= 0.3 is 0 Å². The fourth-order valence-corrected chi connectivity index (χ4v) is 4.71. The Kier molecular flexibility index (Phi) is 5.47. The number of anilines is 1. The van der Waals surface area contributed by atoms with Crippen LogP contribution in [0.25, 0.3) is 5.69 Å². The van der Waals surface area contributed by atoms with Crippen molar-refractivity contribution in [2.75, 3.05) is 31.1 Å². The zero-order valence-electron chi connectivity index (χ0n) is 17.4. The second-order valence-corrected chi connectivity index (χ2v) is 9.11. The molecule has 3 heterocycles. The Balaban J connectivity index is 1.22. The molecule has 160 valence electrons. The van der Waals surface area contributed by atoms with Gasteiger partial charge < -0.3 is 9.64 Å². The van der Waals surface area contributed by atoms with Crippen LogP contribution in [0.5, 0.6) is 5.75 Å². The SMILES string of the molecule is O=c1cc(OCc2ccccc2)ccn1-c1ccc(N2CC3(CCN(Cl)CC3)C2)cc1. The van der Waals surface area contributed by atoms with Gasteiger partial charge in [-0.2, -0.15) is 0 Å². The minimum atomic E-state index is -0.103. The lowest BCUT2D eigenvalue weighted by molar-refractivity contribution is 0.116. The largest absolute Gasteiger partial charge is 0.489 e. The Hall–Kier alpha value is -2.76. The minimum Gasteiger partial charge on any atom is -0.489 e. The van der Waals surface area contributed by atoms with Gasteiger partial charge in [0.05, 0.1) is 0 Å². The average molecular weight is 436 g/mol. The molecule has 0 amide bonds. The number of piperidine rings is 1. The van der Waals surface area contributed by atoms with Crippen LogP contribution in [0.15, 0.2) is 77.7 Å². The highest BCUT2D eigenvalue weighted by Crippen LogP contribution is 2.42. The van der Waals surface area contributed by atoms with Gasteiger partial charge in [0.2, 0.25) is 0 Å². The van der Waals surface area contributed by atoms with Crippen molar-refractivity contribution in [2.45, 2.75) is 19.4 Å². The van der Waals surface area contributed by atoms with Crippen LogP contribution in [0.1, 0.15) is 18.4 Å². The molecule has 0 bridgehead atoms. The fraction of sp³-hybridized carbons (Fsp3) is 0.320. The molecule has 3 aromatic rings. The molecule has 2 saturated heterocycles. The normalized spacial score (nSPS) is 18.0. The molecule has 1 aromatic heterocycles. The van der Waals surface area contributed by atoms with E-state index in [2.05, 4.69) is 17.0 Å². The molecule has 0 radical (unpaired) electrons. The second kappa shape index (κ2) is 8.40. The van der Waals surface area contributed by atoms with Crippen LogP contribution < -0.4 is 15.2 Å². The molecule has 5 rings (SSSR count). The Morgan fingerprint density at radius 2 is 1.58 bits per heavy atom. The predicted molar refractivity (Wildman–Crippen MR) is 124 cm³/mol. The standard InChI is InChI=1S/C25H26ClN3O2/c26-28-14-11-25(12-15-28)18-27(19-25)21-6-8-22(9-7-21)29-13-10-23(16-24(29)30)31-17-20-4-2-1-3-5-20/h1-10,13,16H,11-12,14-15,17-19H2. The molecule has 0 N–H and O–H groups in total. The van der Waals surface area contributed by atoms with E-state index in [1.54, 1.807) is 16.8 Å². The van der Waals surface area contributed by atoms with Crippen molar-refractivity contribution in [3.05, 3.63) is 88.8 Å². The lowest BCUT2D eigenvalue weighted by atomic mass is 9.72. The highest BCUT2D eigenvalue weighted by Gasteiger charge is 2.44. The molecule has 5 nitrogen and oxygen atoms in total. The maximum atomic E-state index is 12.6. The number of benzene rings is 2. The third-order valence-electron chi connectivity index (χ3n) is 6.45. The Bertz CT molecular complexity index is 1080. The van der Waals surface area contributed by atoms with E-state index in [1.807, 2.05) is 52.9 Å². The molecule has 2 aliphatic rings. The lowest BCUT2D eigenvalue weighted by Crippen LogP contribution is -2.59. The van der Waals surface area contributed by atoms with Gasteiger partial charge in [0.1, 0.15) is 12.4 Å². The number of pyridine rings is 1. The van der Waals surface area contributed by atoms with E-state index >= 15 is 0 Å². The van der Waals surface area contributed by atoms with E-state index < -0.39 is 0 Å². The number of ether oxygens (including phenoxy) is 1. The number of nitrogens with zero attached hydrogens (tertiary/aromatic N) is 3. The number of aromatic nitrogens is 1. The first-order valence-electron chi connectivity index (χ1n) is 10.8. The summed E-state index contributed by atoms with van der Waals surface area (Å²) in [7, 11) is 0. The summed E-state index contributed by atoms with van der Waals surface area (Å²) in [6.45, 7) is 4.57. The van der Waals surface area contributed by atoms with Gasteiger partial charge in [-0.1, -0.05) is 30.3 Å². The molecule has 6 heteroatoms. The van der Waals surface area contributed by atoms with E-state index in [-0.39, 0.29) is 5.56 Å². The van der Waals surface area contributed by atoms with Gasteiger partial charge in [0.25, 0.3) is 5.56 Å². The summed E-state index contributed by atoms with van der Waals surface area (Å²) in [6.07, 6.45) is 4.11. The molecule has 2 aliphatic heterocycles. The molecule has 2 aromatic carbocycles. The minimum absolute atomic E-state index is 0.103. The van der Waals surface area contributed by atoms with Gasteiger partial charge in [-0.05, 0) is 60.5 Å². The Labute approximate surface area is 187 Å². The van der Waals surface area contributed by atoms with Crippen LogP contribution in [0, 0.1) is 5.41 Å². The monoisotopic (exact) mass is 435 g/mol. The van der Waals surface area contributed by atoms with Crippen molar-refractivity contribution < 1.29 is 4.74 Å². The molecular weight excluding hydrogens is 410 g/mol. The summed E-state index contributed by atoms with van der Waals surface area (Å²) in [6, 6.07) is 21.5. The first kappa shape index (κ1) is 20.2. The van der Waals surface area contributed by atoms with Crippen LogP contribution in [-0.2, 0) is 6.61 Å². The van der Waals surface area contributed by atoms with Crippen LogP contribution >= 0.6 is 11.8 Å². The second-order valence-electron chi connectivity index (χ2n) is 8.63. The van der Waals surface area contributed by atoms with Crippen molar-refractivity contribution in [2.24, 2.45) is 5.41 Å². The first-order chi connectivity index (χ1) is 15.1. The Morgan fingerprint density at radius 1 is 0.903 bits per heavy atom. The maximum Gasteiger partial charge on any atom is 0.258 e. The molecule has 31 heavy (non-hydrogen) atoms. The molecular formula is C25H26ClN3O2. The lowest BCUT2D eigenvalue weighted by Gasteiger charge is -2.54. The molecule has 1 spiro atoms. The van der Waals surface area contributed by atoms with Gasteiger partial charge in [-0.25, -0.2) is 4.42 Å². The van der Waals surface area contributed by atoms with Crippen molar-refractivity contribution in [3.63, 3.8) is 0 Å². The van der Waals surface area contributed by atoms with Gasteiger partial charge in [0, 0.05) is 55.2 Å².